The van der Waals surface area contributed by atoms with Gasteiger partial charge in [-0.25, -0.2) is 15.0 Å². The quantitative estimate of drug-likeness (QED) is 0.507. The van der Waals surface area contributed by atoms with Gasteiger partial charge in [-0.2, -0.15) is 0 Å². The minimum absolute atomic E-state index is 0.183. The summed E-state index contributed by atoms with van der Waals surface area (Å²) in [7, 11) is 3.09. The van der Waals surface area contributed by atoms with E-state index in [1.807, 2.05) is 6.07 Å². The van der Waals surface area contributed by atoms with Gasteiger partial charge in [0.05, 0.1) is 55.8 Å². The molecule has 1 aromatic carbocycles. The summed E-state index contributed by atoms with van der Waals surface area (Å²) >= 11 is 13.4. The topological polar surface area (TPSA) is 90.9 Å². The fourth-order valence-electron chi connectivity index (χ4n) is 4.36. The van der Waals surface area contributed by atoms with E-state index in [0.717, 1.165) is 36.2 Å². The summed E-state index contributed by atoms with van der Waals surface area (Å²) in [4.78, 5) is 16.6. The molecule has 0 bridgehead atoms. The Morgan fingerprint density at radius 2 is 1.74 bits per heavy atom. The maximum atomic E-state index is 6.71. The molecule has 2 fully saturated rings. The zero-order chi connectivity index (χ0) is 24.4. The second-order valence-corrected chi connectivity index (χ2v) is 9.16. The molecule has 0 radical (unpaired) electrons. The first kappa shape index (κ1) is 24.1. The molecule has 0 amide bonds. The second-order valence-electron chi connectivity index (χ2n) is 8.40. The first-order chi connectivity index (χ1) is 17.1. The summed E-state index contributed by atoms with van der Waals surface area (Å²) in [6.07, 6.45) is 3.83. The molecular weight excluding hydrogens is 493 g/mol. The highest BCUT2D eigenvalue weighted by Crippen LogP contribution is 2.46. The van der Waals surface area contributed by atoms with Gasteiger partial charge in [0.25, 0.3) is 0 Å². The third-order valence-corrected chi connectivity index (χ3v) is 6.93. The summed E-state index contributed by atoms with van der Waals surface area (Å²) in [5.41, 5.74) is 1.85. The second kappa shape index (κ2) is 10.6. The predicted octanol–water partition coefficient (Wildman–Crippen LogP) is 4.44. The Morgan fingerprint density at radius 1 is 1.00 bits per heavy atom. The molecule has 11 heteroatoms. The van der Waals surface area contributed by atoms with Crippen molar-refractivity contribution in [2.45, 2.75) is 18.9 Å². The third kappa shape index (κ3) is 4.91. The van der Waals surface area contributed by atoms with Crippen LogP contribution in [0.25, 0.3) is 22.2 Å². The zero-order valence-corrected chi connectivity index (χ0v) is 21.2. The molecule has 0 unspecified atom stereocenters. The Morgan fingerprint density at radius 3 is 2.40 bits per heavy atom. The largest absolute Gasteiger partial charge is 0.495 e. The number of morpholine rings is 1. The Balaban J connectivity index is 1.64. The predicted molar refractivity (Wildman–Crippen MR) is 136 cm³/mol. The maximum Gasteiger partial charge on any atom is 0.223 e. The molecule has 35 heavy (non-hydrogen) atoms. The van der Waals surface area contributed by atoms with E-state index in [2.05, 4.69) is 15.2 Å². The smallest absolute Gasteiger partial charge is 0.223 e. The number of hydrogen-bond donors (Lipinski definition) is 1. The molecule has 3 aromatic rings. The number of halogens is 2. The van der Waals surface area contributed by atoms with E-state index in [1.54, 1.807) is 26.5 Å². The van der Waals surface area contributed by atoms with Crippen molar-refractivity contribution in [1.29, 1.82) is 0 Å². The summed E-state index contributed by atoms with van der Waals surface area (Å²) in [6.45, 7) is 4.04. The summed E-state index contributed by atoms with van der Waals surface area (Å²) in [5.74, 6) is 2.17. The molecule has 0 aliphatic carbocycles. The number of aromatic nitrogens is 3. The third-order valence-electron chi connectivity index (χ3n) is 6.18. The number of pyridine rings is 1. The molecule has 1 atom stereocenters. The number of fused-ring (bicyclic) bond motifs is 1. The van der Waals surface area contributed by atoms with Gasteiger partial charge in [0.15, 0.2) is 5.82 Å². The van der Waals surface area contributed by atoms with Crippen LogP contribution in [0.2, 0.25) is 10.0 Å². The highest BCUT2D eigenvalue weighted by molar-refractivity contribution is 6.41. The summed E-state index contributed by atoms with van der Waals surface area (Å²) in [5, 5.41) is 4.93. The molecule has 1 N–H and O–H groups in total. The number of nitrogens with zero attached hydrogens (tertiary/aromatic N) is 4. The lowest BCUT2D eigenvalue weighted by Gasteiger charge is -2.29. The first-order valence-corrected chi connectivity index (χ1v) is 12.3. The Labute approximate surface area is 213 Å². The Bertz CT molecular complexity index is 1190. The monoisotopic (exact) mass is 519 g/mol. The van der Waals surface area contributed by atoms with Gasteiger partial charge in [-0.15, -0.1) is 0 Å². The average molecular weight is 520 g/mol. The maximum absolute atomic E-state index is 6.71. The standard InChI is InChI=1S/C24H27Cl2N5O4/c1-32-17-11-18(33-2)21(26)19(20(17)25)16-10-14-12-27-24(28-15-4-3-7-35-13-15)30-22(14)23(29-16)31-5-8-34-9-6-31/h10-12,15H,3-9,13H2,1-2H3,(H,27,28,30)/t15-/m0/s1. The Kier molecular flexibility index (Phi) is 7.29. The van der Waals surface area contributed by atoms with Crippen molar-refractivity contribution in [1.82, 2.24) is 15.0 Å². The number of methoxy groups -OCH3 is 2. The van der Waals surface area contributed by atoms with E-state index in [0.29, 0.717) is 71.7 Å². The molecule has 186 valence electrons. The van der Waals surface area contributed by atoms with Gasteiger partial charge in [0.1, 0.15) is 17.0 Å². The minimum atomic E-state index is 0.183. The molecule has 4 heterocycles. The van der Waals surface area contributed by atoms with Gasteiger partial charge in [-0.05, 0) is 18.9 Å². The van der Waals surface area contributed by atoms with E-state index in [1.165, 1.54) is 0 Å². The summed E-state index contributed by atoms with van der Waals surface area (Å²) in [6, 6.07) is 3.73. The van der Waals surface area contributed by atoms with Gasteiger partial charge in [0, 0.05) is 42.9 Å². The lowest BCUT2D eigenvalue weighted by Crippen LogP contribution is -2.37. The summed E-state index contributed by atoms with van der Waals surface area (Å²) < 4.78 is 22.1. The van der Waals surface area contributed by atoms with Crippen molar-refractivity contribution in [2.75, 3.05) is 64.0 Å². The van der Waals surface area contributed by atoms with Crippen LogP contribution in [0.15, 0.2) is 18.3 Å². The lowest BCUT2D eigenvalue weighted by atomic mass is 10.1. The van der Waals surface area contributed by atoms with Crippen molar-refractivity contribution < 1.29 is 18.9 Å². The highest BCUT2D eigenvalue weighted by atomic mass is 35.5. The number of rotatable bonds is 6. The zero-order valence-electron chi connectivity index (χ0n) is 19.6. The van der Waals surface area contributed by atoms with E-state index in [-0.39, 0.29) is 6.04 Å². The molecule has 2 aliphatic rings. The van der Waals surface area contributed by atoms with E-state index in [9.17, 15) is 0 Å². The van der Waals surface area contributed by atoms with E-state index < -0.39 is 0 Å². The number of benzene rings is 1. The number of hydrogen-bond acceptors (Lipinski definition) is 9. The van der Waals surface area contributed by atoms with Crippen LogP contribution in [0.1, 0.15) is 12.8 Å². The average Bonchev–Trinajstić information content (AvgIpc) is 2.90. The van der Waals surface area contributed by atoms with Crippen LogP contribution in [0, 0.1) is 0 Å². The lowest BCUT2D eigenvalue weighted by molar-refractivity contribution is 0.0874. The fraction of sp³-hybridized carbons (Fsp3) is 0.458. The normalized spacial score (nSPS) is 18.5. The van der Waals surface area contributed by atoms with Gasteiger partial charge >= 0.3 is 0 Å². The van der Waals surface area contributed by atoms with Crippen molar-refractivity contribution >= 4 is 45.9 Å². The number of anilines is 2. The number of nitrogens with one attached hydrogen (secondary N) is 1. The van der Waals surface area contributed by atoms with E-state index >= 15 is 0 Å². The highest BCUT2D eigenvalue weighted by Gasteiger charge is 2.24. The fourth-order valence-corrected chi connectivity index (χ4v) is 5.06. The molecule has 5 rings (SSSR count). The SMILES string of the molecule is COc1cc(OC)c(Cl)c(-c2cc3cnc(N[C@H]4CCCOC4)nc3c(N3CCOCC3)n2)c1Cl. The van der Waals surface area contributed by atoms with Crippen molar-refractivity contribution in [3.63, 3.8) is 0 Å². The minimum Gasteiger partial charge on any atom is -0.495 e. The molecule has 2 saturated heterocycles. The number of ether oxygens (including phenoxy) is 4. The van der Waals surface area contributed by atoms with E-state index in [4.69, 9.17) is 52.1 Å². The molecule has 2 aliphatic heterocycles. The first-order valence-electron chi connectivity index (χ1n) is 11.5. The van der Waals surface area contributed by atoms with Gasteiger partial charge in [0.2, 0.25) is 5.95 Å². The van der Waals surface area contributed by atoms with Gasteiger partial charge in [-0.3, -0.25) is 0 Å². The van der Waals surface area contributed by atoms with Crippen LogP contribution in [0.4, 0.5) is 11.8 Å². The van der Waals surface area contributed by atoms with Crippen molar-refractivity contribution in [3.05, 3.63) is 28.4 Å². The van der Waals surface area contributed by atoms with Crippen molar-refractivity contribution in [3.8, 4) is 22.8 Å². The molecule has 0 spiro atoms. The van der Waals surface area contributed by atoms with Gasteiger partial charge < -0.3 is 29.2 Å². The van der Waals surface area contributed by atoms with Crippen molar-refractivity contribution in [2.24, 2.45) is 0 Å². The van der Waals surface area contributed by atoms with Crippen LogP contribution in [0.5, 0.6) is 11.5 Å². The molecule has 0 saturated carbocycles. The van der Waals surface area contributed by atoms with Crippen LogP contribution in [0.3, 0.4) is 0 Å². The van der Waals surface area contributed by atoms with Crippen LogP contribution in [-0.4, -0.2) is 74.7 Å². The Hall–Kier alpha value is -2.59. The van der Waals surface area contributed by atoms with Crippen LogP contribution in [-0.2, 0) is 9.47 Å². The van der Waals surface area contributed by atoms with Crippen LogP contribution >= 0.6 is 23.2 Å². The molecule has 2 aromatic heterocycles. The molecule has 9 nitrogen and oxygen atoms in total. The van der Waals surface area contributed by atoms with Crippen LogP contribution < -0.4 is 19.7 Å². The van der Waals surface area contributed by atoms with Gasteiger partial charge in [-0.1, -0.05) is 23.2 Å². The molecular formula is C24H27Cl2N5O4.